The molecule has 1 aromatic rings. The Morgan fingerprint density at radius 3 is 1.73 bits per heavy atom. The summed E-state index contributed by atoms with van der Waals surface area (Å²) in [4.78, 5) is 19.1. The van der Waals surface area contributed by atoms with Gasteiger partial charge in [0, 0.05) is 18.7 Å². The maximum Gasteiger partial charge on any atom is 0.495 e. The van der Waals surface area contributed by atoms with Gasteiger partial charge in [-0.25, -0.2) is 4.79 Å². The second kappa shape index (κ2) is 28.5. The first-order valence-electron chi connectivity index (χ1n) is 13.6. The minimum atomic E-state index is -1.75. The number of carbonyl (C=O) groups is 1. The lowest BCUT2D eigenvalue weighted by atomic mass is 10.1. The average Bonchev–Trinajstić information content (AvgIpc) is 2.88. The van der Waals surface area contributed by atoms with Crippen molar-refractivity contribution in [3.8, 4) is 0 Å². The van der Waals surface area contributed by atoms with E-state index in [1.807, 2.05) is 12.1 Å². The number of hydrogen-bond acceptors (Lipinski definition) is 6. The van der Waals surface area contributed by atoms with Crippen LogP contribution in [0.15, 0.2) is 24.3 Å². The molecule has 0 heterocycles. The standard InChI is InChI=1S/C17H27NO4.2C5H12.C2H3FO2/c1-3-15(2)22-14-13-21-12-6-4-5-7-16-8-10-17(11-9-16)18(19)20;2*1-4-5(2)3;1-5-2(3)4/h8-11,15H,3-7,12-14H2,1-2H3;2*5H,4H2,1-3H3;1H3. The zero-order valence-electron chi connectivity index (χ0n) is 24.9. The van der Waals surface area contributed by atoms with Crippen LogP contribution in [0.3, 0.4) is 0 Å². The molecule has 0 aromatic heterocycles. The molecule has 0 radical (unpaired) electrons. The predicted molar refractivity (Wildman–Crippen MR) is 151 cm³/mol. The van der Waals surface area contributed by atoms with E-state index in [1.54, 1.807) is 12.1 Å². The topological polar surface area (TPSA) is 87.9 Å². The lowest BCUT2D eigenvalue weighted by Crippen LogP contribution is -2.12. The fourth-order valence-corrected chi connectivity index (χ4v) is 2.02. The van der Waals surface area contributed by atoms with Crippen LogP contribution in [0.4, 0.5) is 14.9 Å². The van der Waals surface area contributed by atoms with Crippen LogP contribution in [0.1, 0.15) is 99.5 Å². The van der Waals surface area contributed by atoms with Gasteiger partial charge >= 0.3 is 6.22 Å². The van der Waals surface area contributed by atoms with Gasteiger partial charge < -0.3 is 14.2 Å². The second-order valence-electron chi connectivity index (χ2n) is 9.48. The predicted octanol–water partition coefficient (Wildman–Crippen LogP) is 8.97. The van der Waals surface area contributed by atoms with Crippen molar-refractivity contribution in [2.24, 2.45) is 11.8 Å². The molecule has 1 aromatic carbocycles. The molecular formula is C29H54FNO6. The van der Waals surface area contributed by atoms with Gasteiger partial charge in [0.05, 0.1) is 31.4 Å². The largest absolute Gasteiger partial charge is 0.495 e. The molecular weight excluding hydrogens is 477 g/mol. The van der Waals surface area contributed by atoms with Gasteiger partial charge in [0.15, 0.2) is 0 Å². The normalized spacial score (nSPS) is 10.8. The number of rotatable bonds is 14. The molecule has 8 heteroatoms. The van der Waals surface area contributed by atoms with Gasteiger partial charge in [-0.1, -0.05) is 79.9 Å². The van der Waals surface area contributed by atoms with Gasteiger partial charge in [-0.15, -0.1) is 4.39 Å². The van der Waals surface area contributed by atoms with Crippen molar-refractivity contribution in [2.75, 3.05) is 26.9 Å². The number of hydrogen-bond donors (Lipinski definition) is 0. The van der Waals surface area contributed by atoms with Crippen LogP contribution in [0.2, 0.25) is 0 Å². The molecule has 37 heavy (non-hydrogen) atoms. The van der Waals surface area contributed by atoms with Gasteiger partial charge in [0.25, 0.3) is 5.69 Å². The number of nitro benzene ring substituents is 1. The third kappa shape index (κ3) is 33.9. The van der Waals surface area contributed by atoms with Crippen molar-refractivity contribution in [2.45, 2.75) is 106 Å². The summed E-state index contributed by atoms with van der Waals surface area (Å²) in [6, 6.07) is 6.80. The molecule has 1 atom stereocenters. The molecule has 0 saturated carbocycles. The maximum atomic E-state index is 10.6. The Bertz CT molecular complexity index is 630. The Morgan fingerprint density at radius 1 is 0.865 bits per heavy atom. The highest BCUT2D eigenvalue weighted by molar-refractivity contribution is 5.57. The van der Waals surface area contributed by atoms with E-state index in [-0.39, 0.29) is 10.6 Å². The summed E-state index contributed by atoms with van der Waals surface area (Å²) in [5.41, 5.74) is 1.30. The number of nitrogens with zero attached hydrogens (tertiary/aromatic N) is 1. The Kier molecular flexibility index (Phi) is 30.4. The lowest BCUT2D eigenvalue weighted by molar-refractivity contribution is -0.384. The van der Waals surface area contributed by atoms with Crippen LogP contribution in [0.5, 0.6) is 0 Å². The molecule has 0 saturated heterocycles. The minimum absolute atomic E-state index is 0.150. The third-order valence-corrected chi connectivity index (χ3v) is 5.40. The number of non-ortho nitro benzene ring substituents is 1. The van der Waals surface area contributed by atoms with Crippen LogP contribution in [0.25, 0.3) is 0 Å². The fourth-order valence-electron chi connectivity index (χ4n) is 2.02. The summed E-state index contributed by atoms with van der Waals surface area (Å²) in [5, 5.41) is 10.6. The summed E-state index contributed by atoms with van der Waals surface area (Å²) in [5.74, 6) is 1.77. The van der Waals surface area contributed by atoms with E-state index in [0.29, 0.717) is 19.3 Å². The van der Waals surface area contributed by atoms with Gasteiger partial charge in [-0.05, 0) is 50.0 Å². The number of ether oxygens (including phenoxy) is 3. The van der Waals surface area contributed by atoms with Crippen molar-refractivity contribution in [3.05, 3.63) is 39.9 Å². The molecule has 1 unspecified atom stereocenters. The van der Waals surface area contributed by atoms with E-state index in [9.17, 15) is 14.5 Å². The number of nitro groups is 1. The van der Waals surface area contributed by atoms with Crippen molar-refractivity contribution in [3.63, 3.8) is 0 Å². The highest BCUT2D eigenvalue weighted by Gasteiger charge is 2.03. The van der Waals surface area contributed by atoms with Crippen LogP contribution in [-0.4, -0.2) is 44.2 Å². The summed E-state index contributed by atoms with van der Waals surface area (Å²) in [6.45, 7) is 19.6. The molecule has 1 rings (SSSR count). The first kappa shape index (κ1) is 39.5. The molecule has 0 N–H and O–H groups in total. The lowest BCUT2D eigenvalue weighted by Gasteiger charge is -2.10. The fraction of sp³-hybridized carbons (Fsp3) is 0.759. The highest BCUT2D eigenvalue weighted by atomic mass is 19.1. The van der Waals surface area contributed by atoms with E-state index in [2.05, 4.69) is 60.1 Å². The molecule has 218 valence electrons. The number of aryl methyl sites for hydroxylation is 1. The molecule has 0 spiro atoms. The van der Waals surface area contributed by atoms with Crippen LogP contribution in [-0.2, 0) is 20.6 Å². The first-order valence-corrected chi connectivity index (χ1v) is 13.6. The molecule has 0 bridgehead atoms. The van der Waals surface area contributed by atoms with Gasteiger partial charge in [0.1, 0.15) is 0 Å². The molecule has 7 nitrogen and oxygen atoms in total. The number of unbranched alkanes of at least 4 members (excludes halogenated alkanes) is 2. The van der Waals surface area contributed by atoms with Crippen molar-refractivity contribution >= 4 is 11.9 Å². The minimum Gasteiger partial charge on any atom is -0.444 e. The summed E-state index contributed by atoms with van der Waals surface area (Å²) in [7, 11) is 0.975. The first-order chi connectivity index (χ1) is 17.4. The SMILES string of the molecule is CCC(C)C.CCC(C)C.CCC(C)OCCOCCCCCc1ccc([N+](=O)[O-])cc1.COC(=O)F. The van der Waals surface area contributed by atoms with E-state index in [4.69, 9.17) is 14.3 Å². The van der Waals surface area contributed by atoms with E-state index < -0.39 is 6.22 Å². The van der Waals surface area contributed by atoms with Crippen molar-refractivity contribution in [1.29, 1.82) is 0 Å². The Labute approximate surface area is 225 Å². The summed E-state index contributed by atoms with van der Waals surface area (Å²) < 4.78 is 25.1. The monoisotopic (exact) mass is 531 g/mol. The van der Waals surface area contributed by atoms with Crippen molar-refractivity contribution < 1.29 is 28.3 Å². The average molecular weight is 532 g/mol. The zero-order chi connectivity index (χ0) is 29.1. The van der Waals surface area contributed by atoms with Crippen LogP contribution < -0.4 is 0 Å². The number of carbonyl (C=O) groups excluding carboxylic acids is 1. The van der Waals surface area contributed by atoms with Gasteiger partial charge in [-0.3, -0.25) is 10.1 Å². The summed E-state index contributed by atoms with van der Waals surface area (Å²) in [6.07, 6.45) is 6.37. The molecule has 0 aliphatic rings. The number of methoxy groups -OCH3 is 1. The maximum absolute atomic E-state index is 10.6. The second-order valence-corrected chi connectivity index (χ2v) is 9.48. The quantitative estimate of drug-likeness (QED) is 0.103. The van der Waals surface area contributed by atoms with Gasteiger partial charge in [-0.2, -0.15) is 0 Å². The Hall–Kier alpha value is -2.06. The Morgan fingerprint density at radius 2 is 1.35 bits per heavy atom. The zero-order valence-corrected chi connectivity index (χ0v) is 24.9. The van der Waals surface area contributed by atoms with Crippen LogP contribution in [0, 0.1) is 22.0 Å². The molecule has 0 aliphatic carbocycles. The van der Waals surface area contributed by atoms with E-state index in [1.165, 1.54) is 12.8 Å². The van der Waals surface area contributed by atoms with E-state index in [0.717, 1.165) is 63.2 Å². The molecule has 0 aliphatic heterocycles. The van der Waals surface area contributed by atoms with Gasteiger partial charge in [0.2, 0.25) is 0 Å². The smallest absolute Gasteiger partial charge is 0.444 e. The molecule has 0 fully saturated rings. The van der Waals surface area contributed by atoms with Crippen molar-refractivity contribution in [1.82, 2.24) is 0 Å². The summed E-state index contributed by atoms with van der Waals surface area (Å²) >= 11 is 0. The Balaban J connectivity index is -0.000000626. The molecule has 0 amide bonds. The highest BCUT2D eigenvalue weighted by Crippen LogP contribution is 2.14. The number of benzene rings is 1. The van der Waals surface area contributed by atoms with Crippen LogP contribution >= 0.6 is 0 Å². The third-order valence-electron chi connectivity index (χ3n) is 5.40. The number of halogens is 1. The van der Waals surface area contributed by atoms with E-state index >= 15 is 0 Å².